The average molecular weight is 182 g/mol. The zero-order chi connectivity index (χ0) is 5.98. The van der Waals surface area contributed by atoms with Gasteiger partial charge in [0.25, 0.3) is 0 Å². The van der Waals surface area contributed by atoms with E-state index >= 15 is 0 Å². The molecule has 0 spiro atoms. The summed E-state index contributed by atoms with van der Waals surface area (Å²) in [7, 11) is 0. The Morgan fingerprint density at radius 2 is 2.33 bits per heavy atom. The molecule has 1 heterocycles. The summed E-state index contributed by atoms with van der Waals surface area (Å²) in [5.74, 6) is 0. The fraction of sp³-hybridized carbons (Fsp3) is 0.333. The third-order valence-electron chi connectivity index (χ3n) is 1.09. The normalized spacial score (nSPS) is 8.56. The van der Waals surface area contributed by atoms with Crippen LogP contribution in [-0.4, -0.2) is 0 Å². The van der Waals surface area contributed by atoms with Gasteiger partial charge in [-0.3, -0.25) is 0 Å². The Balaban J connectivity index is 0.000000640. The standard InChI is InChI=1S/C6H8S2.K/c1-2-5-3-4-8-6(5)7;/h3-4,7H,2H2,1H3;/q;+1/p-1. The molecule has 0 amide bonds. The number of aryl methyl sites for hydroxylation is 1. The van der Waals surface area contributed by atoms with E-state index in [1.165, 1.54) is 5.56 Å². The van der Waals surface area contributed by atoms with Crippen molar-refractivity contribution >= 4 is 24.0 Å². The van der Waals surface area contributed by atoms with Crippen molar-refractivity contribution in [3.8, 4) is 0 Å². The Morgan fingerprint density at radius 3 is 2.56 bits per heavy atom. The van der Waals surface area contributed by atoms with Gasteiger partial charge in [0.15, 0.2) is 0 Å². The van der Waals surface area contributed by atoms with Gasteiger partial charge in [-0.15, -0.1) is 9.59 Å². The fourth-order valence-electron chi connectivity index (χ4n) is 0.584. The van der Waals surface area contributed by atoms with Crippen LogP contribution in [0.2, 0.25) is 0 Å². The topological polar surface area (TPSA) is 0 Å². The zero-order valence-electron chi connectivity index (χ0n) is 5.68. The van der Waals surface area contributed by atoms with E-state index in [0.29, 0.717) is 0 Å². The van der Waals surface area contributed by atoms with Crippen LogP contribution in [0.3, 0.4) is 0 Å². The Bertz CT molecular complexity index is 171. The molecule has 9 heavy (non-hydrogen) atoms. The van der Waals surface area contributed by atoms with Crippen LogP contribution in [0.1, 0.15) is 12.5 Å². The summed E-state index contributed by atoms with van der Waals surface area (Å²) in [4.78, 5) is 0. The molecule has 0 radical (unpaired) electrons. The van der Waals surface area contributed by atoms with Crippen LogP contribution in [0.25, 0.3) is 0 Å². The maximum Gasteiger partial charge on any atom is 1.00 e. The van der Waals surface area contributed by atoms with Gasteiger partial charge in [0.1, 0.15) is 0 Å². The molecule has 0 nitrogen and oxygen atoms in total. The summed E-state index contributed by atoms with van der Waals surface area (Å²) < 4.78 is 1.05. The summed E-state index contributed by atoms with van der Waals surface area (Å²) in [5.41, 5.74) is 1.31. The van der Waals surface area contributed by atoms with Crippen molar-refractivity contribution in [1.29, 1.82) is 0 Å². The number of rotatable bonds is 1. The van der Waals surface area contributed by atoms with Gasteiger partial charge < -0.3 is 24.0 Å². The third-order valence-corrected chi connectivity index (χ3v) is 2.39. The number of hydrogen-bond acceptors (Lipinski definition) is 2. The van der Waals surface area contributed by atoms with E-state index in [-0.39, 0.29) is 51.4 Å². The zero-order valence-corrected chi connectivity index (χ0v) is 10.4. The van der Waals surface area contributed by atoms with Crippen molar-refractivity contribution in [1.82, 2.24) is 0 Å². The molecular weight excluding hydrogens is 175 g/mol. The first-order valence-corrected chi connectivity index (χ1v) is 3.86. The Kier molecular flexibility index (Phi) is 6.14. The van der Waals surface area contributed by atoms with Gasteiger partial charge in [-0.2, -0.15) is 0 Å². The molecule has 0 N–H and O–H groups in total. The molecule has 0 unspecified atom stereocenters. The SMILES string of the molecule is CCc1ccsc1[S-].[K+]. The van der Waals surface area contributed by atoms with Crippen molar-refractivity contribution in [3.05, 3.63) is 17.0 Å². The first-order valence-electron chi connectivity index (χ1n) is 2.58. The maximum atomic E-state index is 5.00. The van der Waals surface area contributed by atoms with Crippen LogP contribution < -0.4 is 51.4 Å². The molecular formula is C6H7KS2. The molecule has 0 aliphatic carbocycles. The van der Waals surface area contributed by atoms with Gasteiger partial charge in [-0.25, -0.2) is 0 Å². The van der Waals surface area contributed by atoms with E-state index in [1.807, 2.05) is 5.38 Å². The van der Waals surface area contributed by atoms with E-state index < -0.39 is 0 Å². The van der Waals surface area contributed by atoms with Gasteiger partial charge in [0, 0.05) is 0 Å². The average Bonchev–Trinajstić information content (AvgIpc) is 2.14. The first kappa shape index (κ1) is 10.6. The second kappa shape index (κ2) is 5.24. The summed E-state index contributed by atoms with van der Waals surface area (Å²) in [6, 6.07) is 2.09. The molecule has 1 aromatic heterocycles. The molecule has 44 valence electrons. The summed E-state index contributed by atoms with van der Waals surface area (Å²) in [6.07, 6.45) is 1.07. The van der Waals surface area contributed by atoms with Gasteiger partial charge >= 0.3 is 51.4 Å². The minimum absolute atomic E-state index is 0. The van der Waals surface area contributed by atoms with Gasteiger partial charge in [0.05, 0.1) is 0 Å². The molecule has 0 saturated carbocycles. The number of hydrogen-bond donors (Lipinski definition) is 0. The van der Waals surface area contributed by atoms with Crippen LogP contribution in [0, 0.1) is 0 Å². The quantitative estimate of drug-likeness (QED) is 0.406. The van der Waals surface area contributed by atoms with E-state index in [2.05, 4.69) is 13.0 Å². The molecule has 0 aromatic carbocycles. The minimum Gasteiger partial charge on any atom is -0.428 e. The molecule has 0 fully saturated rings. The van der Waals surface area contributed by atoms with E-state index in [0.717, 1.165) is 10.6 Å². The predicted octanol–water partition coefficient (Wildman–Crippen LogP) is -0.780. The van der Waals surface area contributed by atoms with Crippen LogP contribution in [0.15, 0.2) is 15.7 Å². The van der Waals surface area contributed by atoms with E-state index in [4.69, 9.17) is 12.6 Å². The van der Waals surface area contributed by atoms with Gasteiger partial charge in [0.2, 0.25) is 0 Å². The van der Waals surface area contributed by atoms with Crippen LogP contribution >= 0.6 is 11.3 Å². The van der Waals surface area contributed by atoms with Crippen LogP contribution in [0.5, 0.6) is 0 Å². The molecule has 0 aliphatic heterocycles. The van der Waals surface area contributed by atoms with Gasteiger partial charge in [-0.1, -0.05) is 18.6 Å². The van der Waals surface area contributed by atoms with Crippen molar-refractivity contribution in [2.75, 3.05) is 0 Å². The largest absolute Gasteiger partial charge is 1.00 e. The smallest absolute Gasteiger partial charge is 0.428 e. The Labute approximate surface area is 108 Å². The van der Waals surface area contributed by atoms with Crippen molar-refractivity contribution in [3.63, 3.8) is 0 Å². The van der Waals surface area contributed by atoms with Crippen LogP contribution in [0.4, 0.5) is 0 Å². The second-order valence-electron chi connectivity index (χ2n) is 1.59. The van der Waals surface area contributed by atoms with E-state index in [1.54, 1.807) is 11.3 Å². The molecule has 0 atom stereocenters. The van der Waals surface area contributed by atoms with Crippen molar-refractivity contribution < 1.29 is 51.4 Å². The molecule has 1 rings (SSSR count). The first-order chi connectivity index (χ1) is 3.84. The van der Waals surface area contributed by atoms with E-state index in [9.17, 15) is 0 Å². The summed E-state index contributed by atoms with van der Waals surface area (Å²) >= 11 is 6.65. The monoisotopic (exact) mass is 182 g/mol. The van der Waals surface area contributed by atoms with Gasteiger partial charge in [-0.05, 0) is 6.42 Å². The molecule has 3 heteroatoms. The molecule has 0 saturated heterocycles. The third kappa shape index (κ3) is 2.97. The summed E-state index contributed by atoms with van der Waals surface area (Å²) in [6.45, 7) is 2.12. The van der Waals surface area contributed by atoms with Crippen molar-refractivity contribution in [2.45, 2.75) is 17.6 Å². The number of thiophene rings is 1. The molecule has 0 bridgehead atoms. The summed E-state index contributed by atoms with van der Waals surface area (Å²) in [5, 5.41) is 2.04. The maximum absolute atomic E-state index is 5.00. The minimum atomic E-state index is 0. The second-order valence-corrected chi connectivity index (χ2v) is 3.17. The molecule has 0 aliphatic rings. The Hall–Kier alpha value is 1.56. The van der Waals surface area contributed by atoms with Crippen molar-refractivity contribution in [2.24, 2.45) is 0 Å². The van der Waals surface area contributed by atoms with Crippen LogP contribution in [-0.2, 0) is 19.0 Å². The predicted molar refractivity (Wildman–Crippen MR) is 39.3 cm³/mol. The fourth-order valence-corrected chi connectivity index (χ4v) is 1.68. The molecule has 1 aromatic rings. The Morgan fingerprint density at radius 1 is 1.67 bits per heavy atom.